The van der Waals surface area contributed by atoms with Crippen molar-refractivity contribution >= 4 is 34.7 Å². The molecule has 1 heterocycles. The molecule has 1 unspecified atom stereocenters. The highest BCUT2D eigenvalue weighted by atomic mass is 35.5. The predicted octanol–water partition coefficient (Wildman–Crippen LogP) is 4.97. The molecule has 1 aliphatic heterocycles. The molecule has 3 aromatic rings. The molecule has 1 atom stereocenters. The number of carbonyl (C=O) groups is 2. The maximum atomic E-state index is 13.1. The first-order valence-electron chi connectivity index (χ1n) is 9.28. The van der Waals surface area contributed by atoms with Gasteiger partial charge in [0.2, 0.25) is 0 Å². The van der Waals surface area contributed by atoms with Crippen LogP contribution in [0.3, 0.4) is 0 Å². The Kier molecular flexibility index (Phi) is 5.29. The van der Waals surface area contributed by atoms with Gasteiger partial charge < -0.3 is 9.84 Å². The summed E-state index contributed by atoms with van der Waals surface area (Å²) in [6.07, 6.45) is 0. The third kappa shape index (κ3) is 3.33. The fourth-order valence-corrected chi connectivity index (χ4v) is 3.84. The molecule has 0 saturated carbocycles. The van der Waals surface area contributed by atoms with E-state index in [1.807, 2.05) is 0 Å². The Morgan fingerprint density at radius 2 is 1.67 bits per heavy atom. The number of aliphatic hydroxyl groups excluding tert-OH is 1. The van der Waals surface area contributed by atoms with Gasteiger partial charge >= 0.3 is 0 Å². The van der Waals surface area contributed by atoms with Crippen molar-refractivity contribution < 1.29 is 19.4 Å². The van der Waals surface area contributed by atoms with Gasteiger partial charge in [0, 0.05) is 22.3 Å². The molecule has 0 aliphatic carbocycles. The van der Waals surface area contributed by atoms with Gasteiger partial charge in [-0.15, -0.1) is 0 Å². The topological polar surface area (TPSA) is 66.8 Å². The van der Waals surface area contributed by atoms with E-state index in [9.17, 15) is 14.7 Å². The largest absolute Gasteiger partial charge is 0.507 e. The van der Waals surface area contributed by atoms with E-state index in [1.54, 1.807) is 78.9 Å². The number of nitrogens with zero attached hydrogens (tertiary/aromatic N) is 1. The number of rotatable bonds is 4. The number of methoxy groups -OCH3 is 1. The van der Waals surface area contributed by atoms with Crippen LogP contribution < -0.4 is 9.64 Å². The molecule has 0 radical (unpaired) electrons. The number of hydrogen-bond donors (Lipinski definition) is 1. The lowest BCUT2D eigenvalue weighted by Crippen LogP contribution is -2.29. The summed E-state index contributed by atoms with van der Waals surface area (Å²) in [5.74, 6) is -1.23. The number of Topliss-reactive ketones (excluding diaryl/α,β-unsaturated/α-hetero) is 1. The highest BCUT2D eigenvalue weighted by Gasteiger charge is 2.47. The highest BCUT2D eigenvalue weighted by molar-refractivity contribution is 6.52. The number of amides is 1. The average molecular weight is 420 g/mol. The molecule has 1 N–H and O–H groups in total. The minimum atomic E-state index is -0.883. The molecule has 3 aromatic carbocycles. The van der Waals surface area contributed by atoms with Gasteiger partial charge in [-0.3, -0.25) is 14.5 Å². The predicted molar refractivity (Wildman–Crippen MR) is 116 cm³/mol. The van der Waals surface area contributed by atoms with Gasteiger partial charge in [-0.05, 0) is 23.8 Å². The van der Waals surface area contributed by atoms with E-state index in [-0.39, 0.29) is 11.3 Å². The Hall–Kier alpha value is -3.57. The minimum Gasteiger partial charge on any atom is -0.507 e. The number of ketones is 1. The molecular weight excluding hydrogens is 402 g/mol. The molecule has 30 heavy (non-hydrogen) atoms. The first kappa shape index (κ1) is 19.7. The molecule has 4 rings (SSSR count). The van der Waals surface area contributed by atoms with Crippen molar-refractivity contribution in [1.29, 1.82) is 0 Å². The van der Waals surface area contributed by atoms with Crippen LogP contribution >= 0.6 is 11.6 Å². The van der Waals surface area contributed by atoms with E-state index in [0.717, 1.165) is 0 Å². The second kappa shape index (κ2) is 8.05. The van der Waals surface area contributed by atoms with Crippen LogP contribution in [-0.2, 0) is 9.59 Å². The smallest absolute Gasteiger partial charge is 0.300 e. The molecule has 0 bridgehead atoms. The van der Waals surface area contributed by atoms with Crippen LogP contribution in [0.1, 0.15) is 17.2 Å². The fourth-order valence-electron chi connectivity index (χ4n) is 3.60. The molecule has 0 spiro atoms. The fraction of sp³-hybridized carbons (Fsp3) is 0.0833. The molecule has 5 nitrogen and oxygen atoms in total. The van der Waals surface area contributed by atoms with Crippen molar-refractivity contribution in [2.75, 3.05) is 12.0 Å². The summed E-state index contributed by atoms with van der Waals surface area (Å²) in [4.78, 5) is 27.5. The number of aliphatic hydroxyl groups is 1. The number of benzene rings is 3. The minimum absolute atomic E-state index is 0.0119. The average Bonchev–Trinajstić information content (AvgIpc) is 3.04. The summed E-state index contributed by atoms with van der Waals surface area (Å²) >= 11 is 6.45. The lowest BCUT2D eigenvalue weighted by molar-refractivity contribution is -0.132. The molecular formula is C24H18ClNO4. The van der Waals surface area contributed by atoms with Crippen molar-refractivity contribution in [3.05, 3.63) is 101 Å². The Bertz CT molecular complexity index is 1160. The number of hydrogen-bond acceptors (Lipinski definition) is 4. The van der Waals surface area contributed by atoms with Crippen molar-refractivity contribution in [2.45, 2.75) is 6.04 Å². The van der Waals surface area contributed by atoms with E-state index in [2.05, 4.69) is 0 Å². The molecule has 6 heteroatoms. The van der Waals surface area contributed by atoms with Crippen LogP contribution in [0.5, 0.6) is 5.75 Å². The van der Waals surface area contributed by atoms with E-state index < -0.39 is 17.7 Å². The molecule has 150 valence electrons. The zero-order valence-corrected chi connectivity index (χ0v) is 16.8. The van der Waals surface area contributed by atoms with E-state index in [4.69, 9.17) is 16.3 Å². The van der Waals surface area contributed by atoms with Crippen LogP contribution in [0.4, 0.5) is 5.69 Å². The maximum Gasteiger partial charge on any atom is 0.300 e. The molecule has 1 saturated heterocycles. The van der Waals surface area contributed by atoms with Crippen molar-refractivity contribution in [2.24, 2.45) is 0 Å². The third-order valence-electron chi connectivity index (χ3n) is 5.02. The lowest BCUT2D eigenvalue weighted by Gasteiger charge is -2.26. The summed E-state index contributed by atoms with van der Waals surface area (Å²) in [5, 5.41) is 11.4. The van der Waals surface area contributed by atoms with Crippen LogP contribution in [0.25, 0.3) is 5.76 Å². The molecule has 0 aromatic heterocycles. The van der Waals surface area contributed by atoms with Crippen molar-refractivity contribution in [3.8, 4) is 5.75 Å². The van der Waals surface area contributed by atoms with Gasteiger partial charge in [-0.1, -0.05) is 66.2 Å². The van der Waals surface area contributed by atoms with Gasteiger partial charge in [-0.2, -0.15) is 0 Å². The zero-order valence-electron chi connectivity index (χ0n) is 16.1. The Balaban J connectivity index is 1.98. The first-order chi connectivity index (χ1) is 14.5. The second-order valence-electron chi connectivity index (χ2n) is 6.76. The van der Waals surface area contributed by atoms with Crippen LogP contribution in [0, 0.1) is 0 Å². The van der Waals surface area contributed by atoms with Crippen molar-refractivity contribution in [3.63, 3.8) is 0 Å². The van der Waals surface area contributed by atoms with E-state index in [0.29, 0.717) is 27.6 Å². The Labute approximate surface area is 178 Å². The van der Waals surface area contributed by atoms with Gasteiger partial charge in [0.05, 0.1) is 18.7 Å². The van der Waals surface area contributed by atoms with Crippen LogP contribution in [0.2, 0.25) is 5.02 Å². The Morgan fingerprint density at radius 1 is 0.967 bits per heavy atom. The first-order valence-corrected chi connectivity index (χ1v) is 9.65. The lowest BCUT2D eigenvalue weighted by atomic mass is 9.95. The SMILES string of the molecule is COc1cccc(N2C(=O)C(=O)/C(=C(\O)c3ccccc3)C2c2ccccc2Cl)c1. The monoisotopic (exact) mass is 419 g/mol. The number of carbonyl (C=O) groups excluding carboxylic acids is 2. The summed E-state index contributed by atoms with van der Waals surface area (Å²) in [6.45, 7) is 0. The zero-order chi connectivity index (χ0) is 21.3. The quantitative estimate of drug-likeness (QED) is 0.368. The van der Waals surface area contributed by atoms with Gasteiger partial charge in [0.25, 0.3) is 11.7 Å². The second-order valence-corrected chi connectivity index (χ2v) is 7.17. The Morgan fingerprint density at radius 3 is 2.37 bits per heavy atom. The summed E-state index contributed by atoms with van der Waals surface area (Å²) in [5.41, 5.74) is 1.44. The molecule has 1 aliphatic rings. The molecule has 1 amide bonds. The maximum absolute atomic E-state index is 13.1. The molecule has 1 fully saturated rings. The summed E-state index contributed by atoms with van der Waals surface area (Å²) in [7, 11) is 1.52. The van der Waals surface area contributed by atoms with Crippen LogP contribution in [-0.4, -0.2) is 23.9 Å². The number of ether oxygens (including phenoxy) is 1. The normalized spacial score (nSPS) is 17.9. The summed E-state index contributed by atoms with van der Waals surface area (Å²) < 4.78 is 5.27. The van der Waals surface area contributed by atoms with E-state index in [1.165, 1.54) is 12.0 Å². The van der Waals surface area contributed by atoms with Gasteiger partial charge in [0.15, 0.2) is 0 Å². The highest BCUT2D eigenvalue weighted by Crippen LogP contribution is 2.44. The van der Waals surface area contributed by atoms with E-state index >= 15 is 0 Å². The van der Waals surface area contributed by atoms with Crippen LogP contribution in [0.15, 0.2) is 84.4 Å². The van der Waals surface area contributed by atoms with Gasteiger partial charge in [-0.25, -0.2) is 0 Å². The number of halogens is 1. The standard InChI is InChI=1S/C24H18ClNO4/c1-30-17-11-7-10-16(14-17)26-21(18-12-5-6-13-19(18)25)20(23(28)24(26)29)22(27)15-8-3-2-4-9-15/h2-14,21,27H,1H3/b22-20-. The van der Waals surface area contributed by atoms with Gasteiger partial charge in [0.1, 0.15) is 11.5 Å². The summed E-state index contributed by atoms with van der Waals surface area (Å²) in [6, 6.07) is 21.6. The third-order valence-corrected chi connectivity index (χ3v) is 5.37. The number of anilines is 1. The van der Waals surface area contributed by atoms with Crippen molar-refractivity contribution in [1.82, 2.24) is 0 Å².